The normalized spacial score (nSPS) is 17.6. The molecule has 0 N–H and O–H groups in total. The summed E-state index contributed by atoms with van der Waals surface area (Å²) in [6, 6.07) is 16.9. The van der Waals surface area contributed by atoms with Crippen LogP contribution in [-0.2, 0) is 11.3 Å². The van der Waals surface area contributed by atoms with Crippen LogP contribution in [0.3, 0.4) is 0 Å². The van der Waals surface area contributed by atoms with E-state index in [1.165, 1.54) is 25.8 Å². The van der Waals surface area contributed by atoms with Gasteiger partial charge in [0.15, 0.2) is 5.78 Å². The maximum absolute atomic E-state index is 12.5. The van der Waals surface area contributed by atoms with Gasteiger partial charge in [0, 0.05) is 29.2 Å². The number of carbonyl (C=O) groups excluding carboxylic acids is 1. The predicted octanol–water partition coefficient (Wildman–Crippen LogP) is 3.69. The Hall–Kier alpha value is -2.67. The van der Waals surface area contributed by atoms with Crippen LogP contribution >= 0.6 is 23.1 Å². The van der Waals surface area contributed by atoms with Crippen molar-refractivity contribution in [3.63, 3.8) is 0 Å². The number of ketones is 1. The average molecular weight is 550 g/mol. The molecule has 0 radical (unpaired) electrons. The fraction of sp³-hybridized carbons (Fsp3) is 0.143. The molecule has 3 aromatic rings. The number of aryl methyl sites for hydroxylation is 1. The highest BCUT2D eigenvalue weighted by molar-refractivity contribution is 8.03. The third-order valence-electron chi connectivity index (χ3n) is 5.76. The lowest BCUT2D eigenvalue weighted by Crippen LogP contribution is -3.00. The molecule has 1 aliphatic heterocycles. The number of rotatable bonds is 5. The van der Waals surface area contributed by atoms with Crippen molar-refractivity contribution in [1.82, 2.24) is 0 Å². The zero-order valence-corrected chi connectivity index (χ0v) is 22.3. The third kappa shape index (κ3) is 4.76. The van der Waals surface area contributed by atoms with Crippen molar-refractivity contribution in [2.45, 2.75) is 25.3 Å². The third-order valence-corrected chi connectivity index (χ3v) is 8.02. The molecule has 0 atom stereocenters. The number of nitrogens with zero attached hydrogens (tertiary/aromatic N) is 2. The minimum atomic E-state index is 0. The SMILES string of the molecule is CCN1/C(=C/C=C2C=C(/C=C/c3sc4ccccc4[n+]3CC)C=CC/2=O)Sc2ccccc21.[Br-]. The second kappa shape index (κ2) is 10.7. The first-order chi connectivity index (χ1) is 16.2. The minimum Gasteiger partial charge on any atom is -1.00 e. The zero-order chi connectivity index (χ0) is 22.8. The van der Waals surface area contributed by atoms with Gasteiger partial charge in [-0.25, -0.2) is 0 Å². The van der Waals surface area contributed by atoms with E-state index in [1.807, 2.05) is 18.2 Å². The summed E-state index contributed by atoms with van der Waals surface area (Å²) in [6.07, 6.45) is 13.8. The van der Waals surface area contributed by atoms with E-state index in [-0.39, 0.29) is 22.8 Å². The number of para-hydroxylation sites is 2. The number of halogens is 1. The van der Waals surface area contributed by atoms with E-state index in [0.717, 1.165) is 23.7 Å². The predicted molar refractivity (Wildman–Crippen MR) is 140 cm³/mol. The number of thiazole rings is 1. The van der Waals surface area contributed by atoms with E-state index in [4.69, 9.17) is 0 Å². The van der Waals surface area contributed by atoms with Gasteiger partial charge in [-0.2, -0.15) is 4.57 Å². The van der Waals surface area contributed by atoms with Crippen LogP contribution in [0.5, 0.6) is 0 Å². The smallest absolute Gasteiger partial charge is 0.262 e. The average Bonchev–Trinajstić information content (AvgIpc) is 3.39. The van der Waals surface area contributed by atoms with Crippen molar-refractivity contribution in [3.05, 3.63) is 106 Å². The first-order valence-corrected chi connectivity index (χ1v) is 12.8. The Labute approximate surface area is 219 Å². The number of anilines is 1. The number of aromatic nitrogens is 1. The van der Waals surface area contributed by atoms with Gasteiger partial charge < -0.3 is 21.9 Å². The molecule has 1 aromatic heterocycles. The fourth-order valence-electron chi connectivity index (χ4n) is 4.14. The van der Waals surface area contributed by atoms with Crippen LogP contribution in [0.25, 0.3) is 16.3 Å². The highest BCUT2D eigenvalue weighted by Gasteiger charge is 2.23. The van der Waals surface area contributed by atoms with Gasteiger partial charge >= 0.3 is 0 Å². The summed E-state index contributed by atoms with van der Waals surface area (Å²) in [5, 5.41) is 2.35. The molecular weight excluding hydrogens is 524 g/mol. The van der Waals surface area contributed by atoms with E-state index in [0.29, 0.717) is 5.57 Å². The molecular formula is C28H25BrN2OS2. The van der Waals surface area contributed by atoms with E-state index >= 15 is 0 Å². The summed E-state index contributed by atoms with van der Waals surface area (Å²) in [5.74, 6) is 0.0399. The molecule has 34 heavy (non-hydrogen) atoms. The Kier molecular flexibility index (Phi) is 7.71. The van der Waals surface area contributed by atoms with Crippen molar-refractivity contribution in [3.8, 4) is 0 Å². The molecule has 3 nitrogen and oxygen atoms in total. The van der Waals surface area contributed by atoms with Crippen molar-refractivity contribution in [2.24, 2.45) is 0 Å². The van der Waals surface area contributed by atoms with Crippen LogP contribution in [0.4, 0.5) is 5.69 Å². The van der Waals surface area contributed by atoms with Crippen LogP contribution in [0.2, 0.25) is 0 Å². The van der Waals surface area contributed by atoms with Crippen molar-refractivity contribution in [2.75, 3.05) is 11.4 Å². The summed E-state index contributed by atoms with van der Waals surface area (Å²) in [4.78, 5) is 16.1. The summed E-state index contributed by atoms with van der Waals surface area (Å²) in [6.45, 7) is 6.13. The molecule has 6 heteroatoms. The van der Waals surface area contributed by atoms with Gasteiger partial charge in [0.05, 0.1) is 10.7 Å². The Morgan fingerprint density at radius 1 is 0.971 bits per heavy atom. The Balaban J connectivity index is 0.00000274. The topological polar surface area (TPSA) is 24.2 Å². The van der Waals surface area contributed by atoms with Gasteiger partial charge in [0.25, 0.3) is 5.01 Å². The maximum atomic E-state index is 12.5. The Morgan fingerprint density at radius 2 is 1.76 bits per heavy atom. The highest BCUT2D eigenvalue weighted by Crippen LogP contribution is 2.45. The van der Waals surface area contributed by atoms with E-state index in [2.05, 4.69) is 90.1 Å². The molecule has 172 valence electrons. The lowest BCUT2D eigenvalue weighted by Gasteiger charge is -2.17. The molecule has 5 rings (SSSR count). The second-order valence-electron chi connectivity index (χ2n) is 7.77. The van der Waals surface area contributed by atoms with E-state index in [1.54, 1.807) is 29.2 Å². The Bertz CT molecular complexity index is 1390. The maximum Gasteiger partial charge on any atom is 0.262 e. The van der Waals surface area contributed by atoms with Gasteiger partial charge in [-0.3, -0.25) is 4.79 Å². The van der Waals surface area contributed by atoms with Gasteiger partial charge in [-0.15, -0.1) is 0 Å². The molecule has 0 bridgehead atoms. The summed E-state index contributed by atoms with van der Waals surface area (Å²) < 4.78 is 3.61. The minimum absolute atomic E-state index is 0. The number of allylic oxidation sites excluding steroid dienone is 8. The Morgan fingerprint density at radius 3 is 2.59 bits per heavy atom. The molecule has 0 unspecified atom stereocenters. The lowest BCUT2D eigenvalue weighted by molar-refractivity contribution is -0.665. The quantitative estimate of drug-likeness (QED) is 0.359. The number of hydrogen-bond donors (Lipinski definition) is 0. The van der Waals surface area contributed by atoms with Gasteiger partial charge in [-0.1, -0.05) is 53.4 Å². The zero-order valence-electron chi connectivity index (χ0n) is 19.1. The van der Waals surface area contributed by atoms with E-state index < -0.39 is 0 Å². The number of benzene rings is 2. The van der Waals surface area contributed by atoms with Crippen LogP contribution in [-0.4, -0.2) is 12.3 Å². The first-order valence-electron chi connectivity index (χ1n) is 11.2. The molecule has 2 aromatic carbocycles. The van der Waals surface area contributed by atoms with Crippen molar-refractivity contribution >= 4 is 50.9 Å². The van der Waals surface area contributed by atoms with E-state index in [9.17, 15) is 4.79 Å². The summed E-state index contributed by atoms with van der Waals surface area (Å²) in [5.41, 5.74) is 4.22. The monoisotopic (exact) mass is 548 g/mol. The van der Waals surface area contributed by atoms with Gasteiger partial charge in [0.2, 0.25) is 5.52 Å². The standard InChI is InChI=1S/C28H25N2OS2.BrH/c1-3-29-22-9-5-7-11-25(22)32-27(29)17-14-20-13-16-24(31)21(19-20)15-18-28-30(4-2)23-10-6-8-12-26(23)33-28;/h5-19H,3-4H2,1-2H3;1H/q+1;/p-1. The second-order valence-corrected chi connectivity index (χ2v) is 9.89. The largest absolute Gasteiger partial charge is 1.00 e. The molecule has 0 amide bonds. The molecule has 1 aliphatic carbocycles. The van der Waals surface area contributed by atoms with Crippen LogP contribution in [0.15, 0.2) is 106 Å². The van der Waals surface area contributed by atoms with Crippen molar-refractivity contribution < 1.29 is 26.3 Å². The van der Waals surface area contributed by atoms with Crippen LogP contribution in [0.1, 0.15) is 18.9 Å². The molecule has 0 saturated heterocycles. The molecule has 0 saturated carbocycles. The number of fused-ring (bicyclic) bond motifs is 2. The molecule has 2 aliphatic rings. The molecule has 0 spiro atoms. The van der Waals surface area contributed by atoms with Gasteiger partial charge in [-0.05, 0) is 68.0 Å². The lowest BCUT2D eigenvalue weighted by atomic mass is 10.00. The highest BCUT2D eigenvalue weighted by atomic mass is 79.9. The first kappa shape index (κ1) is 24.5. The number of hydrogen-bond acceptors (Lipinski definition) is 4. The van der Waals surface area contributed by atoms with Crippen LogP contribution < -0.4 is 26.4 Å². The van der Waals surface area contributed by atoms with Crippen LogP contribution in [0, 0.1) is 0 Å². The fourth-order valence-corrected chi connectivity index (χ4v) is 6.39. The summed E-state index contributed by atoms with van der Waals surface area (Å²) in [7, 11) is 0. The molecule has 0 fully saturated rings. The number of thioether (sulfide) groups is 1. The van der Waals surface area contributed by atoms with Crippen molar-refractivity contribution in [1.29, 1.82) is 0 Å². The van der Waals surface area contributed by atoms with Gasteiger partial charge in [0.1, 0.15) is 11.2 Å². The summed E-state index contributed by atoms with van der Waals surface area (Å²) >= 11 is 3.54. The molecule has 2 heterocycles. The number of carbonyl (C=O) groups is 1.